The molecule has 1 N–H and O–H groups in total. The van der Waals surface area contributed by atoms with Crippen LogP contribution in [-0.4, -0.2) is 16.3 Å². The highest BCUT2D eigenvalue weighted by Crippen LogP contribution is 2.32. The van der Waals surface area contributed by atoms with Crippen molar-refractivity contribution in [3.63, 3.8) is 0 Å². The van der Waals surface area contributed by atoms with Gasteiger partial charge in [-0.15, -0.1) is 24.5 Å². The van der Waals surface area contributed by atoms with Crippen LogP contribution in [0.3, 0.4) is 0 Å². The third kappa shape index (κ3) is 3.83. The molecule has 0 saturated heterocycles. The average molecular weight is 360 g/mol. The summed E-state index contributed by atoms with van der Waals surface area (Å²) in [7, 11) is 0. The lowest BCUT2D eigenvalue weighted by Crippen LogP contribution is -2.17. The number of aromatic nitrogens is 2. The van der Waals surface area contributed by atoms with Gasteiger partial charge in [0.2, 0.25) is 5.28 Å². The Hall–Kier alpha value is -2.06. The molecule has 0 unspecified atom stereocenters. The molecule has 0 aliphatic rings. The Morgan fingerprint density at radius 1 is 1.22 bits per heavy atom. The standard InChI is InChI=1S/C14H9ClF3N3OS/c1-7-5-10-11(20-13(15)21-12(10)23-7)19-8-3-2-4-9(6-8)22-14(16,17)18/h2-6H,1H3,(H,19,20,21). The number of aryl methyl sites for hydroxylation is 1. The van der Waals surface area contributed by atoms with E-state index < -0.39 is 6.36 Å². The van der Waals surface area contributed by atoms with E-state index in [2.05, 4.69) is 20.0 Å². The third-order valence-corrected chi connectivity index (χ3v) is 3.93. The van der Waals surface area contributed by atoms with Crippen LogP contribution in [0.1, 0.15) is 4.88 Å². The van der Waals surface area contributed by atoms with Gasteiger partial charge in [0.15, 0.2) is 0 Å². The molecule has 0 atom stereocenters. The molecule has 23 heavy (non-hydrogen) atoms. The van der Waals surface area contributed by atoms with Crippen LogP contribution in [0.4, 0.5) is 24.7 Å². The quantitative estimate of drug-likeness (QED) is 0.645. The molecule has 0 aliphatic carbocycles. The number of rotatable bonds is 3. The van der Waals surface area contributed by atoms with Crippen LogP contribution >= 0.6 is 22.9 Å². The Bertz CT molecular complexity index is 866. The summed E-state index contributed by atoms with van der Waals surface area (Å²) in [5.74, 6) is 0.105. The number of benzene rings is 1. The van der Waals surface area contributed by atoms with Crippen molar-refractivity contribution in [3.05, 3.63) is 40.5 Å². The first-order valence-corrected chi connectivity index (χ1v) is 7.56. The number of fused-ring (bicyclic) bond motifs is 1. The Balaban J connectivity index is 1.94. The lowest BCUT2D eigenvalue weighted by atomic mass is 10.3. The van der Waals surface area contributed by atoms with Crippen LogP contribution < -0.4 is 10.1 Å². The second-order valence-electron chi connectivity index (χ2n) is 4.62. The summed E-state index contributed by atoms with van der Waals surface area (Å²) in [5.41, 5.74) is 0.395. The van der Waals surface area contributed by atoms with E-state index in [-0.39, 0.29) is 11.0 Å². The first kappa shape index (κ1) is 15.8. The fourth-order valence-electron chi connectivity index (χ4n) is 2.02. The van der Waals surface area contributed by atoms with E-state index in [0.29, 0.717) is 16.3 Å². The minimum Gasteiger partial charge on any atom is -0.406 e. The SMILES string of the molecule is Cc1cc2c(Nc3cccc(OC(F)(F)F)c3)nc(Cl)nc2s1. The molecule has 0 saturated carbocycles. The van der Waals surface area contributed by atoms with Crippen molar-refractivity contribution >= 4 is 44.7 Å². The monoisotopic (exact) mass is 359 g/mol. The van der Waals surface area contributed by atoms with E-state index in [1.165, 1.54) is 29.5 Å². The number of thiophene rings is 1. The topological polar surface area (TPSA) is 47.0 Å². The fraction of sp³-hybridized carbons (Fsp3) is 0.143. The molecule has 4 nitrogen and oxygen atoms in total. The Kier molecular flexibility index (Phi) is 4.03. The van der Waals surface area contributed by atoms with Gasteiger partial charge in [0.25, 0.3) is 0 Å². The summed E-state index contributed by atoms with van der Waals surface area (Å²) in [6, 6.07) is 7.38. The number of hydrogen-bond acceptors (Lipinski definition) is 5. The highest BCUT2D eigenvalue weighted by molar-refractivity contribution is 7.18. The maximum Gasteiger partial charge on any atom is 0.573 e. The second-order valence-corrected chi connectivity index (χ2v) is 6.19. The molecule has 0 spiro atoms. The molecule has 0 amide bonds. The highest BCUT2D eigenvalue weighted by Gasteiger charge is 2.31. The summed E-state index contributed by atoms with van der Waals surface area (Å²) in [6.07, 6.45) is -4.74. The zero-order valence-electron chi connectivity index (χ0n) is 11.6. The molecule has 0 aliphatic heterocycles. The number of halogens is 4. The van der Waals surface area contributed by atoms with Crippen molar-refractivity contribution in [1.29, 1.82) is 0 Å². The number of ether oxygens (including phenoxy) is 1. The van der Waals surface area contributed by atoms with Crippen LogP contribution in [0.5, 0.6) is 5.75 Å². The smallest absolute Gasteiger partial charge is 0.406 e. The Morgan fingerprint density at radius 2 is 2.00 bits per heavy atom. The molecule has 0 bridgehead atoms. The number of hydrogen-bond donors (Lipinski definition) is 1. The zero-order valence-corrected chi connectivity index (χ0v) is 13.2. The second kappa shape index (κ2) is 5.86. The zero-order chi connectivity index (χ0) is 16.6. The van der Waals surface area contributed by atoms with Gasteiger partial charge in [0.05, 0.1) is 5.39 Å². The molecular weight excluding hydrogens is 351 g/mol. The molecule has 9 heteroatoms. The molecule has 2 aromatic heterocycles. The number of anilines is 2. The maximum atomic E-state index is 12.3. The molecule has 120 valence electrons. The van der Waals surface area contributed by atoms with Gasteiger partial charge in [-0.25, -0.2) is 4.98 Å². The molecular formula is C14H9ClF3N3OS. The summed E-state index contributed by atoms with van der Waals surface area (Å²) in [5, 5.41) is 3.76. The van der Waals surface area contributed by atoms with E-state index in [4.69, 9.17) is 11.6 Å². The van der Waals surface area contributed by atoms with Crippen LogP contribution in [0.2, 0.25) is 5.28 Å². The minimum atomic E-state index is -4.74. The Labute approximate surface area is 137 Å². The normalized spacial score (nSPS) is 11.7. The van der Waals surface area contributed by atoms with Gasteiger partial charge in [-0.2, -0.15) is 4.98 Å². The largest absolute Gasteiger partial charge is 0.573 e. The maximum absolute atomic E-state index is 12.3. The van der Waals surface area contributed by atoms with Gasteiger partial charge in [-0.05, 0) is 36.7 Å². The predicted molar refractivity (Wildman–Crippen MR) is 83.6 cm³/mol. The molecule has 1 aromatic carbocycles. The summed E-state index contributed by atoms with van der Waals surface area (Å²) in [4.78, 5) is 9.95. The average Bonchev–Trinajstić information content (AvgIpc) is 2.77. The lowest BCUT2D eigenvalue weighted by molar-refractivity contribution is -0.274. The van der Waals surface area contributed by atoms with E-state index in [9.17, 15) is 13.2 Å². The fourth-order valence-corrected chi connectivity index (χ4v) is 3.12. The van der Waals surface area contributed by atoms with Crippen molar-refractivity contribution in [1.82, 2.24) is 9.97 Å². The lowest BCUT2D eigenvalue weighted by Gasteiger charge is -2.11. The van der Waals surface area contributed by atoms with E-state index >= 15 is 0 Å². The molecule has 3 aromatic rings. The number of nitrogens with zero attached hydrogens (tertiary/aromatic N) is 2. The first-order chi connectivity index (χ1) is 10.8. The summed E-state index contributed by atoms with van der Waals surface area (Å²) in [6.45, 7) is 1.92. The summed E-state index contributed by atoms with van der Waals surface area (Å²) >= 11 is 7.34. The van der Waals surface area contributed by atoms with Crippen molar-refractivity contribution in [2.45, 2.75) is 13.3 Å². The van der Waals surface area contributed by atoms with Crippen molar-refractivity contribution in [3.8, 4) is 5.75 Å². The highest BCUT2D eigenvalue weighted by atomic mass is 35.5. The third-order valence-electron chi connectivity index (χ3n) is 2.82. The minimum absolute atomic E-state index is 0.0598. The molecule has 0 fully saturated rings. The van der Waals surface area contributed by atoms with Crippen molar-refractivity contribution in [2.75, 3.05) is 5.32 Å². The van der Waals surface area contributed by atoms with Gasteiger partial charge in [0.1, 0.15) is 16.4 Å². The molecule has 3 rings (SSSR count). The summed E-state index contributed by atoms with van der Waals surface area (Å²) < 4.78 is 40.8. The molecule has 0 radical (unpaired) electrons. The number of nitrogens with one attached hydrogen (secondary N) is 1. The van der Waals surface area contributed by atoms with E-state index in [0.717, 1.165) is 10.3 Å². The Morgan fingerprint density at radius 3 is 2.74 bits per heavy atom. The van der Waals surface area contributed by atoms with Gasteiger partial charge < -0.3 is 10.1 Å². The van der Waals surface area contributed by atoms with Crippen molar-refractivity contribution in [2.24, 2.45) is 0 Å². The number of alkyl halides is 3. The molecule has 2 heterocycles. The van der Waals surface area contributed by atoms with Crippen LogP contribution in [0.25, 0.3) is 10.2 Å². The van der Waals surface area contributed by atoms with Crippen molar-refractivity contribution < 1.29 is 17.9 Å². The first-order valence-electron chi connectivity index (χ1n) is 6.37. The van der Waals surface area contributed by atoms with Gasteiger partial charge in [0, 0.05) is 16.6 Å². The van der Waals surface area contributed by atoms with E-state index in [1.54, 1.807) is 6.07 Å². The predicted octanol–water partition coefficient (Wildman–Crippen LogP) is 5.30. The van der Waals surface area contributed by atoms with Crippen LogP contribution in [-0.2, 0) is 0 Å². The van der Waals surface area contributed by atoms with Gasteiger partial charge in [-0.1, -0.05) is 6.07 Å². The van der Waals surface area contributed by atoms with Gasteiger partial charge >= 0.3 is 6.36 Å². The van der Waals surface area contributed by atoms with Gasteiger partial charge in [-0.3, -0.25) is 0 Å². The van der Waals surface area contributed by atoms with Crippen LogP contribution in [0.15, 0.2) is 30.3 Å². The van der Waals surface area contributed by atoms with E-state index in [1.807, 2.05) is 13.0 Å². The van der Waals surface area contributed by atoms with Crippen LogP contribution in [0, 0.1) is 6.92 Å².